The highest BCUT2D eigenvalue weighted by molar-refractivity contribution is 9.10. The van der Waals surface area contributed by atoms with Crippen molar-refractivity contribution in [1.82, 2.24) is 5.32 Å². The Bertz CT molecular complexity index is 346. The Morgan fingerprint density at radius 3 is 2.41 bits per heavy atom. The van der Waals surface area contributed by atoms with Gasteiger partial charge in [0.25, 0.3) is 0 Å². The summed E-state index contributed by atoms with van der Waals surface area (Å²) in [5.74, 6) is 0.755. The van der Waals surface area contributed by atoms with Crippen LogP contribution < -0.4 is 5.32 Å². The Morgan fingerprint density at radius 2 is 1.88 bits per heavy atom. The van der Waals surface area contributed by atoms with E-state index in [1.54, 1.807) is 0 Å². The molecule has 1 aromatic rings. The van der Waals surface area contributed by atoms with Crippen molar-refractivity contribution in [2.75, 3.05) is 13.6 Å². The normalized spacial score (nSPS) is 13.7. The summed E-state index contributed by atoms with van der Waals surface area (Å²) in [6.07, 6.45) is 1.17. The molecule has 0 heterocycles. The van der Waals surface area contributed by atoms with Gasteiger partial charge in [0.05, 0.1) is 0 Å². The third-order valence-electron chi connectivity index (χ3n) is 2.86. The molecule has 0 aliphatic heterocycles. The molecule has 3 heteroatoms. The van der Waals surface area contributed by atoms with E-state index in [0.29, 0.717) is 0 Å². The molecule has 0 saturated carbocycles. The van der Waals surface area contributed by atoms with Crippen LogP contribution in [0.25, 0.3) is 0 Å². The first-order valence-electron chi connectivity index (χ1n) is 6.30. The van der Waals surface area contributed by atoms with Gasteiger partial charge in [0, 0.05) is 12.5 Å². The Hall–Kier alpha value is -0.123. The molecule has 0 aliphatic rings. The third kappa shape index (κ3) is 5.84. The Kier molecular flexibility index (Phi) is 5.90. The molecular weight excluding hydrogens is 290 g/mol. The summed E-state index contributed by atoms with van der Waals surface area (Å²) in [4.78, 5) is 0. The molecule has 1 N–H and O–H groups in total. The molecule has 0 bridgehead atoms. The summed E-state index contributed by atoms with van der Waals surface area (Å²) < 4.78 is 1.25. The second-order valence-electron chi connectivity index (χ2n) is 5.98. The minimum Gasteiger partial charge on any atom is -0.319 e. The molecule has 1 atom stereocenters. The lowest BCUT2D eigenvalue weighted by Crippen LogP contribution is -2.30. The van der Waals surface area contributed by atoms with Crippen LogP contribution in [-0.2, 0) is 6.42 Å². The minimum absolute atomic E-state index is 0.755. The lowest BCUT2D eigenvalue weighted by Gasteiger charge is -2.25. The maximum Gasteiger partial charge on any atom is 0.0446 e. The largest absolute Gasteiger partial charge is 0.319 e. The van der Waals surface area contributed by atoms with E-state index in [1.807, 2.05) is 0 Å². The van der Waals surface area contributed by atoms with Crippen molar-refractivity contribution in [3.63, 3.8) is 0 Å². The predicted octanol–water partition coefficient (Wildman–Crippen LogP) is 4.17. The van der Waals surface area contributed by atoms with Crippen molar-refractivity contribution in [2.45, 2.75) is 32.1 Å². The summed E-state index contributed by atoms with van der Waals surface area (Å²) in [5.41, 5.74) is 1.44. The molecule has 0 amide bonds. The average Bonchev–Trinajstić information content (AvgIpc) is 2.19. The van der Waals surface area contributed by atoms with Crippen LogP contribution in [0.5, 0.6) is 0 Å². The first-order valence-corrected chi connectivity index (χ1v) is 10.8. The van der Waals surface area contributed by atoms with Gasteiger partial charge in [-0.15, -0.1) is 0 Å². The molecule has 1 unspecified atom stereocenters. The Balaban J connectivity index is 2.70. The van der Waals surface area contributed by atoms with E-state index in [0.717, 1.165) is 12.5 Å². The number of benzene rings is 1. The molecule has 1 aromatic carbocycles. The standard InChI is InChI=1S/C14H24BrNSi/c1-16-10-12(11-17(2,3)4)9-13-7-5-6-8-14(13)15/h5-8,12,16H,9-11H2,1-4H3. The molecule has 0 saturated heterocycles. The Morgan fingerprint density at radius 1 is 1.24 bits per heavy atom. The molecule has 0 fully saturated rings. The van der Waals surface area contributed by atoms with E-state index in [2.05, 4.69) is 72.2 Å². The molecule has 96 valence electrons. The summed E-state index contributed by atoms with van der Waals surface area (Å²) in [6, 6.07) is 9.97. The number of rotatable bonds is 6. The summed E-state index contributed by atoms with van der Waals surface area (Å²) in [6.45, 7) is 8.48. The molecule has 0 aliphatic carbocycles. The molecule has 17 heavy (non-hydrogen) atoms. The summed E-state index contributed by atoms with van der Waals surface area (Å²) in [5, 5.41) is 3.34. The highest BCUT2D eigenvalue weighted by Crippen LogP contribution is 2.24. The van der Waals surface area contributed by atoms with Crippen molar-refractivity contribution in [3.05, 3.63) is 34.3 Å². The maximum absolute atomic E-state index is 3.65. The fraction of sp³-hybridized carbons (Fsp3) is 0.571. The second-order valence-corrected chi connectivity index (χ2v) is 12.4. The van der Waals surface area contributed by atoms with Gasteiger partial charge < -0.3 is 5.32 Å². The van der Waals surface area contributed by atoms with E-state index >= 15 is 0 Å². The number of hydrogen-bond donors (Lipinski definition) is 1. The van der Waals surface area contributed by atoms with Gasteiger partial charge in [0.1, 0.15) is 0 Å². The van der Waals surface area contributed by atoms with Crippen LogP contribution in [0.3, 0.4) is 0 Å². The van der Waals surface area contributed by atoms with Gasteiger partial charge in [-0.3, -0.25) is 0 Å². The van der Waals surface area contributed by atoms with Crippen LogP contribution in [0.15, 0.2) is 28.7 Å². The highest BCUT2D eigenvalue weighted by Gasteiger charge is 2.20. The van der Waals surface area contributed by atoms with Crippen molar-refractivity contribution >= 4 is 24.0 Å². The second kappa shape index (κ2) is 6.71. The van der Waals surface area contributed by atoms with Crippen LogP contribution in [0.1, 0.15) is 5.56 Å². The lowest BCUT2D eigenvalue weighted by molar-refractivity contribution is 0.534. The fourth-order valence-electron chi connectivity index (χ4n) is 2.35. The van der Waals surface area contributed by atoms with E-state index in [4.69, 9.17) is 0 Å². The number of halogens is 1. The number of nitrogens with one attached hydrogen (secondary N) is 1. The van der Waals surface area contributed by atoms with Gasteiger partial charge in [-0.1, -0.05) is 59.8 Å². The average molecular weight is 314 g/mol. The van der Waals surface area contributed by atoms with E-state index in [9.17, 15) is 0 Å². The zero-order valence-electron chi connectivity index (χ0n) is 11.4. The summed E-state index contributed by atoms with van der Waals surface area (Å²) >= 11 is 3.65. The van der Waals surface area contributed by atoms with Gasteiger partial charge in [-0.05, 0) is 37.6 Å². The van der Waals surface area contributed by atoms with Crippen LogP contribution in [0.4, 0.5) is 0 Å². The van der Waals surface area contributed by atoms with E-state index in [-0.39, 0.29) is 0 Å². The molecule has 0 spiro atoms. The monoisotopic (exact) mass is 313 g/mol. The van der Waals surface area contributed by atoms with Gasteiger partial charge in [-0.25, -0.2) is 0 Å². The number of hydrogen-bond acceptors (Lipinski definition) is 1. The van der Waals surface area contributed by atoms with Crippen molar-refractivity contribution in [1.29, 1.82) is 0 Å². The molecule has 1 nitrogen and oxygen atoms in total. The minimum atomic E-state index is -0.984. The van der Waals surface area contributed by atoms with E-state index < -0.39 is 8.07 Å². The van der Waals surface area contributed by atoms with E-state index in [1.165, 1.54) is 22.5 Å². The van der Waals surface area contributed by atoms with Crippen molar-refractivity contribution in [3.8, 4) is 0 Å². The smallest absolute Gasteiger partial charge is 0.0446 e. The molecule has 0 aromatic heterocycles. The van der Waals surface area contributed by atoms with Gasteiger partial charge in [0.15, 0.2) is 0 Å². The molecule has 0 radical (unpaired) electrons. The molecule has 1 rings (SSSR count). The highest BCUT2D eigenvalue weighted by atomic mass is 79.9. The quantitative estimate of drug-likeness (QED) is 0.777. The van der Waals surface area contributed by atoms with Crippen molar-refractivity contribution < 1.29 is 0 Å². The topological polar surface area (TPSA) is 12.0 Å². The third-order valence-corrected chi connectivity index (χ3v) is 5.44. The van der Waals surface area contributed by atoms with Gasteiger partial charge in [0.2, 0.25) is 0 Å². The van der Waals surface area contributed by atoms with Crippen LogP contribution in [-0.4, -0.2) is 21.7 Å². The molecular formula is C14H24BrNSi. The maximum atomic E-state index is 3.65. The van der Waals surface area contributed by atoms with Gasteiger partial charge >= 0.3 is 0 Å². The predicted molar refractivity (Wildman–Crippen MR) is 83.4 cm³/mol. The van der Waals surface area contributed by atoms with Crippen LogP contribution in [0, 0.1) is 5.92 Å². The van der Waals surface area contributed by atoms with Crippen LogP contribution >= 0.6 is 15.9 Å². The van der Waals surface area contributed by atoms with Crippen LogP contribution in [0.2, 0.25) is 25.7 Å². The Labute approximate surface area is 115 Å². The zero-order valence-corrected chi connectivity index (χ0v) is 14.0. The first-order chi connectivity index (χ1) is 7.92. The lowest BCUT2D eigenvalue weighted by atomic mass is 10.0. The summed E-state index contributed by atoms with van der Waals surface area (Å²) in [7, 11) is 1.07. The van der Waals surface area contributed by atoms with Crippen molar-refractivity contribution in [2.24, 2.45) is 5.92 Å². The SMILES string of the molecule is CNCC(Cc1ccccc1Br)C[Si](C)(C)C. The fourth-order valence-corrected chi connectivity index (χ4v) is 4.81. The zero-order chi connectivity index (χ0) is 12.9. The first kappa shape index (κ1) is 14.9. The van der Waals surface area contributed by atoms with Gasteiger partial charge in [-0.2, -0.15) is 0 Å².